The summed E-state index contributed by atoms with van der Waals surface area (Å²) >= 11 is 0. The van der Waals surface area contributed by atoms with Crippen LogP contribution in [0.25, 0.3) is 0 Å². The minimum atomic E-state index is -2.88. The molecule has 0 heterocycles. The molecular formula is C12H22O3S. The Kier molecular flexibility index (Phi) is 5.49. The molecule has 0 radical (unpaired) electrons. The van der Waals surface area contributed by atoms with Crippen molar-refractivity contribution < 1.29 is 13.5 Å². The summed E-state index contributed by atoms with van der Waals surface area (Å²) in [4.78, 5) is 0. The van der Waals surface area contributed by atoms with Crippen molar-refractivity contribution in [3.8, 4) is 0 Å². The summed E-state index contributed by atoms with van der Waals surface area (Å²) < 4.78 is 21.8. The SMILES string of the molecule is CS(=O)(=O)CCCC(O)CC1=CCCCC1. The highest BCUT2D eigenvalue weighted by atomic mass is 32.2. The van der Waals surface area contributed by atoms with Crippen molar-refractivity contribution in [1.29, 1.82) is 0 Å². The Morgan fingerprint density at radius 1 is 1.44 bits per heavy atom. The van der Waals surface area contributed by atoms with Crippen molar-refractivity contribution in [3.05, 3.63) is 11.6 Å². The van der Waals surface area contributed by atoms with Crippen molar-refractivity contribution >= 4 is 9.84 Å². The van der Waals surface area contributed by atoms with Crippen molar-refractivity contribution in [2.24, 2.45) is 0 Å². The second-order valence-electron chi connectivity index (χ2n) is 4.74. The fraction of sp³-hybridized carbons (Fsp3) is 0.833. The summed E-state index contributed by atoms with van der Waals surface area (Å²) in [5.41, 5.74) is 1.35. The molecule has 0 aromatic carbocycles. The Balaban J connectivity index is 2.20. The zero-order valence-corrected chi connectivity index (χ0v) is 10.8. The van der Waals surface area contributed by atoms with E-state index >= 15 is 0 Å². The van der Waals surface area contributed by atoms with Gasteiger partial charge in [-0.3, -0.25) is 0 Å². The lowest BCUT2D eigenvalue weighted by molar-refractivity contribution is 0.162. The van der Waals surface area contributed by atoms with Crippen LogP contribution in [0, 0.1) is 0 Å². The number of aliphatic hydroxyl groups excluding tert-OH is 1. The average molecular weight is 246 g/mol. The van der Waals surface area contributed by atoms with Crippen molar-refractivity contribution in [2.45, 2.75) is 51.0 Å². The van der Waals surface area contributed by atoms with Crippen LogP contribution in [0.15, 0.2) is 11.6 Å². The zero-order valence-electron chi connectivity index (χ0n) is 9.98. The molecule has 0 saturated carbocycles. The van der Waals surface area contributed by atoms with E-state index in [9.17, 15) is 13.5 Å². The summed E-state index contributed by atoms with van der Waals surface area (Å²) in [6, 6.07) is 0. The smallest absolute Gasteiger partial charge is 0.147 e. The highest BCUT2D eigenvalue weighted by Crippen LogP contribution is 2.22. The van der Waals surface area contributed by atoms with Gasteiger partial charge in [-0.05, 0) is 44.9 Å². The van der Waals surface area contributed by atoms with E-state index in [1.807, 2.05) is 0 Å². The first-order valence-corrected chi connectivity index (χ1v) is 8.07. The van der Waals surface area contributed by atoms with Gasteiger partial charge in [0.05, 0.1) is 6.10 Å². The average Bonchev–Trinajstić information content (AvgIpc) is 2.17. The lowest BCUT2D eigenvalue weighted by Crippen LogP contribution is -2.12. The maximum absolute atomic E-state index is 10.9. The normalized spacial score (nSPS) is 19.2. The molecule has 1 rings (SSSR count). The Hall–Kier alpha value is -0.350. The molecule has 1 atom stereocenters. The van der Waals surface area contributed by atoms with Gasteiger partial charge in [-0.2, -0.15) is 0 Å². The highest BCUT2D eigenvalue weighted by molar-refractivity contribution is 7.90. The van der Waals surface area contributed by atoms with Gasteiger partial charge >= 0.3 is 0 Å². The molecule has 4 heteroatoms. The molecule has 0 aromatic rings. The van der Waals surface area contributed by atoms with Crippen LogP contribution in [0.1, 0.15) is 44.9 Å². The predicted molar refractivity (Wildman–Crippen MR) is 66.1 cm³/mol. The standard InChI is InChI=1S/C12H22O3S/c1-16(14,15)9-5-8-12(13)10-11-6-3-2-4-7-11/h6,12-13H,2-5,7-10H2,1H3. The van der Waals surface area contributed by atoms with Gasteiger partial charge in [0.2, 0.25) is 0 Å². The third-order valence-electron chi connectivity index (χ3n) is 2.94. The molecule has 0 aliphatic heterocycles. The second kappa shape index (κ2) is 6.40. The van der Waals surface area contributed by atoms with Gasteiger partial charge in [0, 0.05) is 12.0 Å². The van der Waals surface area contributed by atoms with Crippen LogP contribution < -0.4 is 0 Å². The van der Waals surface area contributed by atoms with Crippen LogP contribution in [0.3, 0.4) is 0 Å². The van der Waals surface area contributed by atoms with Gasteiger partial charge in [-0.1, -0.05) is 11.6 Å². The molecule has 0 saturated heterocycles. The Morgan fingerprint density at radius 3 is 2.75 bits per heavy atom. The monoisotopic (exact) mass is 246 g/mol. The van der Waals surface area contributed by atoms with E-state index in [2.05, 4.69) is 6.08 Å². The number of aliphatic hydroxyl groups is 1. The quantitative estimate of drug-likeness (QED) is 0.730. The van der Waals surface area contributed by atoms with Crippen LogP contribution in [-0.4, -0.2) is 31.6 Å². The Morgan fingerprint density at radius 2 is 2.19 bits per heavy atom. The maximum Gasteiger partial charge on any atom is 0.147 e. The van der Waals surface area contributed by atoms with Gasteiger partial charge in [0.15, 0.2) is 0 Å². The third kappa shape index (κ3) is 6.28. The van der Waals surface area contributed by atoms with Gasteiger partial charge < -0.3 is 5.11 Å². The second-order valence-corrected chi connectivity index (χ2v) is 7.00. The molecule has 0 amide bonds. The first-order valence-electron chi connectivity index (χ1n) is 6.01. The largest absolute Gasteiger partial charge is 0.393 e. The maximum atomic E-state index is 10.9. The lowest BCUT2D eigenvalue weighted by Gasteiger charge is -2.16. The molecule has 94 valence electrons. The molecule has 0 bridgehead atoms. The summed E-state index contributed by atoms with van der Waals surface area (Å²) in [7, 11) is -2.88. The highest BCUT2D eigenvalue weighted by Gasteiger charge is 2.11. The molecule has 1 aliphatic rings. The fourth-order valence-corrected chi connectivity index (χ4v) is 2.77. The van der Waals surface area contributed by atoms with Gasteiger partial charge in [-0.25, -0.2) is 8.42 Å². The van der Waals surface area contributed by atoms with E-state index in [4.69, 9.17) is 0 Å². The molecule has 3 nitrogen and oxygen atoms in total. The lowest BCUT2D eigenvalue weighted by atomic mass is 9.94. The summed E-state index contributed by atoms with van der Waals surface area (Å²) in [6.07, 6.45) is 9.68. The number of allylic oxidation sites excluding steroid dienone is 1. The van der Waals surface area contributed by atoms with Crippen LogP contribution in [0.5, 0.6) is 0 Å². The number of rotatable bonds is 6. The van der Waals surface area contributed by atoms with Gasteiger partial charge in [0.25, 0.3) is 0 Å². The minimum absolute atomic E-state index is 0.184. The third-order valence-corrected chi connectivity index (χ3v) is 3.97. The van der Waals surface area contributed by atoms with E-state index < -0.39 is 9.84 Å². The van der Waals surface area contributed by atoms with E-state index in [1.165, 1.54) is 24.7 Å². The van der Waals surface area contributed by atoms with Gasteiger partial charge in [-0.15, -0.1) is 0 Å². The first-order chi connectivity index (χ1) is 7.47. The minimum Gasteiger partial charge on any atom is -0.393 e. The molecule has 16 heavy (non-hydrogen) atoms. The Labute approximate surface area is 98.5 Å². The molecule has 0 spiro atoms. The van der Waals surface area contributed by atoms with Crippen LogP contribution in [-0.2, 0) is 9.84 Å². The van der Waals surface area contributed by atoms with Crippen LogP contribution >= 0.6 is 0 Å². The van der Waals surface area contributed by atoms with E-state index in [-0.39, 0.29) is 11.9 Å². The molecule has 0 fully saturated rings. The molecule has 1 N–H and O–H groups in total. The molecular weight excluding hydrogens is 224 g/mol. The number of hydrogen-bond donors (Lipinski definition) is 1. The van der Waals surface area contributed by atoms with Crippen LogP contribution in [0.2, 0.25) is 0 Å². The number of sulfone groups is 1. The molecule has 1 aliphatic carbocycles. The first kappa shape index (κ1) is 13.7. The van der Waals surface area contributed by atoms with Crippen molar-refractivity contribution in [2.75, 3.05) is 12.0 Å². The van der Waals surface area contributed by atoms with E-state index in [1.54, 1.807) is 0 Å². The zero-order chi connectivity index (χ0) is 12.0. The summed E-state index contributed by atoms with van der Waals surface area (Å²) in [5, 5.41) is 9.76. The summed E-state index contributed by atoms with van der Waals surface area (Å²) in [5.74, 6) is 0.184. The van der Waals surface area contributed by atoms with Crippen molar-refractivity contribution in [3.63, 3.8) is 0 Å². The van der Waals surface area contributed by atoms with Gasteiger partial charge in [0.1, 0.15) is 9.84 Å². The van der Waals surface area contributed by atoms with Crippen molar-refractivity contribution in [1.82, 2.24) is 0 Å². The van der Waals surface area contributed by atoms with E-state index in [0.29, 0.717) is 12.8 Å². The fourth-order valence-electron chi connectivity index (χ4n) is 2.08. The number of hydrogen-bond acceptors (Lipinski definition) is 3. The Bertz CT molecular complexity index is 330. The predicted octanol–water partition coefficient (Wildman–Crippen LogP) is 2.06. The summed E-state index contributed by atoms with van der Waals surface area (Å²) in [6.45, 7) is 0. The molecule has 0 aromatic heterocycles. The van der Waals surface area contributed by atoms with E-state index in [0.717, 1.165) is 19.3 Å². The molecule has 1 unspecified atom stereocenters. The van der Waals surface area contributed by atoms with Crippen LogP contribution in [0.4, 0.5) is 0 Å². The topological polar surface area (TPSA) is 54.4 Å².